The van der Waals surface area contributed by atoms with Crippen LogP contribution in [-0.4, -0.2) is 70.9 Å². The zero-order valence-electron chi connectivity index (χ0n) is 15.6. The Morgan fingerprint density at radius 3 is 2.07 bits per heavy atom. The van der Waals surface area contributed by atoms with E-state index in [9.17, 15) is 21.6 Å². The largest absolute Gasteiger partial charge is 0.343 e. The van der Waals surface area contributed by atoms with Gasteiger partial charge in [0.2, 0.25) is 26.5 Å². The second kappa shape index (κ2) is 7.40. The maximum Gasteiger partial charge on any atom is 0.243 e. The molecule has 2 saturated heterocycles. The molecule has 1 amide bonds. The topological polar surface area (TPSA) is 95.1 Å². The van der Waals surface area contributed by atoms with Gasteiger partial charge in [-0.15, -0.1) is 0 Å². The van der Waals surface area contributed by atoms with E-state index >= 15 is 0 Å². The first-order chi connectivity index (χ1) is 12.7. The van der Waals surface area contributed by atoms with Crippen molar-refractivity contribution in [2.24, 2.45) is 0 Å². The van der Waals surface area contributed by atoms with E-state index in [-0.39, 0.29) is 23.7 Å². The molecule has 2 aliphatic rings. The molecule has 1 aromatic rings. The molecule has 1 aromatic carbocycles. The van der Waals surface area contributed by atoms with E-state index in [0.29, 0.717) is 42.9 Å². The number of benzene rings is 1. The first-order valence-corrected chi connectivity index (χ1v) is 12.0. The SMILES string of the molecule is Cc1cc(N2CCCCS2(=O)=O)cc(C)c1S(=O)(=O)N1CCN(C=O)CC1. The molecule has 150 valence electrons. The van der Waals surface area contributed by atoms with E-state index in [4.69, 9.17) is 0 Å². The van der Waals surface area contributed by atoms with Crippen LogP contribution in [0.1, 0.15) is 24.0 Å². The van der Waals surface area contributed by atoms with Gasteiger partial charge in [0.25, 0.3) is 0 Å². The Bertz CT molecular complexity index is 912. The van der Waals surface area contributed by atoms with Gasteiger partial charge in [0, 0.05) is 32.7 Å². The molecule has 0 spiro atoms. The number of amides is 1. The number of carbonyl (C=O) groups is 1. The second-order valence-electron chi connectivity index (χ2n) is 7.05. The minimum Gasteiger partial charge on any atom is -0.343 e. The number of hydrogen-bond acceptors (Lipinski definition) is 5. The Kier molecular flexibility index (Phi) is 5.51. The van der Waals surface area contributed by atoms with Gasteiger partial charge in [-0.3, -0.25) is 9.10 Å². The van der Waals surface area contributed by atoms with Crippen molar-refractivity contribution >= 4 is 32.1 Å². The summed E-state index contributed by atoms with van der Waals surface area (Å²) in [7, 11) is -7.06. The lowest BCUT2D eigenvalue weighted by atomic mass is 10.1. The highest BCUT2D eigenvalue weighted by atomic mass is 32.2. The molecule has 2 fully saturated rings. The maximum absolute atomic E-state index is 13.1. The standard InChI is InChI=1S/C17H25N3O5S2/c1-14-11-16(20-5-3-4-10-26(20,22)23)12-15(2)17(14)27(24,25)19-8-6-18(13-21)7-9-19/h11-13H,3-10H2,1-2H3. The average molecular weight is 416 g/mol. The second-order valence-corrected chi connectivity index (χ2v) is 10.9. The highest BCUT2D eigenvalue weighted by Crippen LogP contribution is 2.32. The fraction of sp³-hybridized carbons (Fsp3) is 0.588. The number of aryl methyl sites for hydroxylation is 2. The van der Waals surface area contributed by atoms with E-state index in [1.54, 1.807) is 30.9 Å². The summed E-state index contributed by atoms with van der Waals surface area (Å²) < 4.78 is 53.7. The molecule has 0 radical (unpaired) electrons. The molecule has 10 heteroatoms. The van der Waals surface area contributed by atoms with Gasteiger partial charge in [-0.2, -0.15) is 4.31 Å². The van der Waals surface area contributed by atoms with Crippen LogP contribution in [0, 0.1) is 13.8 Å². The molecular formula is C17H25N3O5S2. The number of piperazine rings is 1. The summed E-state index contributed by atoms with van der Waals surface area (Å²) in [5.41, 5.74) is 1.58. The number of nitrogens with zero attached hydrogens (tertiary/aromatic N) is 3. The lowest BCUT2D eigenvalue weighted by molar-refractivity contribution is -0.119. The van der Waals surface area contributed by atoms with Crippen molar-refractivity contribution in [1.82, 2.24) is 9.21 Å². The van der Waals surface area contributed by atoms with Gasteiger partial charge in [0.15, 0.2) is 0 Å². The summed E-state index contributed by atoms with van der Waals surface area (Å²) in [5.74, 6) is 0.117. The van der Waals surface area contributed by atoms with Gasteiger partial charge in [-0.25, -0.2) is 16.8 Å². The lowest BCUT2D eigenvalue weighted by Crippen LogP contribution is -2.48. The van der Waals surface area contributed by atoms with Crippen LogP contribution in [-0.2, 0) is 24.8 Å². The Morgan fingerprint density at radius 1 is 0.963 bits per heavy atom. The Morgan fingerprint density at radius 2 is 1.56 bits per heavy atom. The van der Waals surface area contributed by atoms with Gasteiger partial charge in [-0.1, -0.05) is 0 Å². The number of carbonyl (C=O) groups excluding carboxylic acids is 1. The number of rotatable bonds is 4. The van der Waals surface area contributed by atoms with Crippen molar-refractivity contribution in [3.63, 3.8) is 0 Å². The van der Waals surface area contributed by atoms with Crippen LogP contribution in [0.5, 0.6) is 0 Å². The van der Waals surface area contributed by atoms with E-state index in [2.05, 4.69) is 0 Å². The highest BCUT2D eigenvalue weighted by molar-refractivity contribution is 7.92. The first kappa shape index (κ1) is 20.1. The van der Waals surface area contributed by atoms with Crippen LogP contribution >= 0.6 is 0 Å². The van der Waals surface area contributed by atoms with Gasteiger partial charge in [0.1, 0.15) is 0 Å². The van der Waals surface area contributed by atoms with Crippen molar-refractivity contribution in [2.75, 3.05) is 42.8 Å². The van der Waals surface area contributed by atoms with Gasteiger partial charge < -0.3 is 4.90 Å². The van der Waals surface area contributed by atoms with Crippen LogP contribution in [0.3, 0.4) is 0 Å². The summed E-state index contributed by atoms with van der Waals surface area (Å²) in [4.78, 5) is 12.6. The smallest absolute Gasteiger partial charge is 0.243 e. The summed E-state index contributed by atoms with van der Waals surface area (Å²) >= 11 is 0. The minimum absolute atomic E-state index is 0.117. The van der Waals surface area contributed by atoms with Crippen molar-refractivity contribution in [1.29, 1.82) is 0 Å². The predicted molar refractivity (Wildman–Crippen MR) is 103 cm³/mol. The molecule has 3 rings (SSSR count). The number of anilines is 1. The zero-order valence-corrected chi connectivity index (χ0v) is 17.2. The van der Waals surface area contributed by atoms with Crippen molar-refractivity contribution in [3.8, 4) is 0 Å². The molecule has 0 atom stereocenters. The van der Waals surface area contributed by atoms with Crippen LogP contribution in [0.25, 0.3) is 0 Å². The molecule has 0 saturated carbocycles. The molecule has 0 unspecified atom stereocenters. The fourth-order valence-electron chi connectivity index (χ4n) is 3.74. The Hall–Kier alpha value is -1.65. The predicted octanol–water partition coefficient (Wildman–Crippen LogP) is 0.696. The zero-order chi connectivity index (χ0) is 19.8. The van der Waals surface area contributed by atoms with E-state index in [1.165, 1.54) is 8.61 Å². The molecule has 0 bridgehead atoms. The molecule has 0 N–H and O–H groups in total. The summed E-state index contributed by atoms with van der Waals surface area (Å²) in [6, 6.07) is 3.29. The van der Waals surface area contributed by atoms with E-state index in [1.807, 2.05) is 0 Å². The van der Waals surface area contributed by atoms with Crippen molar-refractivity contribution < 1.29 is 21.6 Å². The van der Waals surface area contributed by atoms with Crippen LogP contribution in [0.4, 0.5) is 5.69 Å². The molecule has 2 heterocycles. The van der Waals surface area contributed by atoms with Crippen molar-refractivity contribution in [2.45, 2.75) is 31.6 Å². The molecule has 0 aromatic heterocycles. The Balaban J connectivity index is 1.94. The third-order valence-electron chi connectivity index (χ3n) is 5.10. The van der Waals surface area contributed by atoms with Crippen molar-refractivity contribution in [3.05, 3.63) is 23.3 Å². The summed E-state index contributed by atoms with van der Waals surface area (Å²) in [5, 5.41) is 0. The third kappa shape index (κ3) is 3.83. The normalized spacial score (nSPS) is 21.3. The highest BCUT2D eigenvalue weighted by Gasteiger charge is 2.32. The maximum atomic E-state index is 13.1. The van der Waals surface area contributed by atoms with Crippen LogP contribution < -0.4 is 4.31 Å². The quantitative estimate of drug-likeness (QED) is 0.675. The van der Waals surface area contributed by atoms with Crippen LogP contribution in [0.2, 0.25) is 0 Å². The van der Waals surface area contributed by atoms with Gasteiger partial charge >= 0.3 is 0 Å². The third-order valence-corrected chi connectivity index (χ3v) is 9.18. The lowest BCUT2D eigenvalue weighted by Gasteiger charge is -2.33. The summed E-state index contributed by atoms with van der Waals surface area (Å²) in [6.07, 6.45) is 2.17. The molecule has 27 heavy (non-hydrogen) atoms. The molecule has 0 aliphatic carbocycles. The molecular weight excluding hydrogens is 390 g/mol. The Labute approximate surface area is 160 Å². The first-order valence-electron chi connectivity index (χ1n) is 8.98. The monoisotopic (exact) mass is 415 g/mol. The number of sulfonamides is 2. The van der Waals surface area contributed by atoms with Gasteiger partial charge in [0.05, 0.1) is 16.3 Å². The fourth-order valence-corrected chi connectivity index (χ4v) is 7.19. The molecule has 8 nitrogen and oxygen atoms in total. The van der Waals surface area contributed by atoms with Gasteiger partial charge in [-0.05, 0) is 49.9 Å². The van der Waals surface area contributed by atoms with E-state index < -0.39 is 20.0 Å². The number of hydrogen-bond donors (Lipinski definition) is 0. The van der Waals surface area contributed by atoms with Crippen LogP contribution in [0.15, 0.2) is 17.0 Å². The molecule has 2 aliphatic heterocycles. The van der Waals surface area contributed by atoms with E-state index in [0.717, 1.165) is 12.8 Å². The summed E-state index contributed by atoms with van der Waals surface area (Å²) in [6.45, 7) is 5.05. The average Bonchev–Trinajstić information content (AvgIpc) is 2.60. The minimum atomic E-state index is -3.71.